The molecule has 216 valence electrons. The fraction of sp³-hybridized carbons (Fsp3) is 0.576. The van der Waals surface area contributed by atoms with Gasteiger partial charge < -0.3 is 20.8 Å². The van der Waals surface area contributed by atoms with E-state index in [0.717, 1.165) is 35.3 Å². The molecule has 0 radical (unpaired) electrons. The molecule has 0 saturated heterocycles. The molecule has 0 fully saturated rings. The lowest BCUT2D eigenvalue weighted by Crippen LogP contribution is -2.37. The van der Waals surface area contributed by atoms with Crippen molar-refractivity contribution in [1.82, 2.24) is 10.6 Å². The van der Waals surface area contributed by atoms with Crippen LogP contribution in [-0.4, -0.2) is 48.8 Å². The fourth-order valence-electron chi connectivity index (χ4n) is 4.28. The number of benzene rings is 2. The van der Waals surface area contributed by atoms with Gasteiger partial charge >= 0.3 is 0 Å². The number of rotatable bonds is 12. The Bertz CT molecular complexity index is 1060. The minimum Gasteiger partial charge on any atom is -0.507 e. The van der Waals surface area contributed by atoms with Crippen molar-refractivity contribution in [2.75, 3.05) is 26.2 Å². The molecule has 2 aromatic carbocycles. The number of aliphatic imine (C=N–C) groups is 2. The number of phenols is 2. The number of nitrogens with zero attached hydrogens (tertiary/aromatic N) is 2. The molecular formula is C33H52N4O2. The Morgan fingerprint density at radius 1 is 0.641 bits per heavy atom. The van der Waals surface area contributed by atoms with E-state index in [1.807, 2.05) is 26.0 Å². The van der Waals surface area contributed by atoms with E-state index < -0.39 is 0 Å². The molecule has 0 aliphatic carbocycles. The summed E-state index contributed by atoms with van der Waals surface area (Å²) < 4.78 is 0. The third-order valence-corrected chi connectivity index (χ3v) is 6.83. The van der Waals surface area contributed by atoms with Crippen LogP contribution in [0, 0.1) is 5.41 Å². The van der Waals surface area contributed by atoms with Crippen LogP contribution in [0.15, 0.2) is 34.3 Å². The molecule has 0 saturated carbocycles. The Morgan fingerprint density at radius 2 is 1.00 bits per heavy atom. The second-order valence-electron chi connectivity index (χ2n) is 13.3. The second-order valence-corrected chi connectivity index (χ2v) is 13.3. The normalized spacial score (nSPS) is 13.2. The van der Waals surface area contributed by atoms with Gasteiger partial charge in [-0.2, -0.15) is 0 Å². The van der Waals surface area contributed by atoms with Crippen LogP contribution in [0.2, 0.25) is 0 Å². The summed E-state index contributed by atoms with van der Waals surface area (Å²) in [5, 5.41) is 28.9. The minimum absolute atomic E-state index is 0.0292. The van der Waals surface area contributed by atoms with Crippen LogP contribution < -0.4 is 10.6 Å². The van der Waals surface area contributed by atoms with E-state index in [1.54, 1.807) is 12.4 Å². The summed E-state index contributed by atoms with van der Waals surface area (Å²) in [4.78, 5) is 8.70. The van der Waals surface area contributed by atoms with Crippen LogP contribution in [-0.2, 0) is 23.9 Å². The first-order valence-electron chi connectivity index (χ1n) is 14.2. The average Bonchev–Trinajstić information content (AvgIpc) is 2.83. The largest absolute Gasteiger partial charge is 0.507 e. The molecule has 0 aliphatic heterocycles. The quantitative estimate of drug-likeness (QED) is 0.234. The maximum atomic E-state index is 10.9. The summed E-state index contributed by atoms with van der Waals surface area (Å²) >= 11 is 0. The molecule has 0 bridgehead atoms. The van der Waals surface area contributed by atoms with E-state index in [-0.39, 0.29) is 16.2 Å². The van der Waals surface area contributed by atoms with Crippen LogP contribution in [0.4, 0.5) is 0 Å². The van der Waals surface area contributed by atoms with Crippen LogP contribution in [0.5, 0.6) is 11.5 Å². The Labute approximate surface area is 237 Å². The standard InChI is InChI=1S/C33H52N4O2/c1-11-34-17-23-13-27(31(3,4)5)15-25(29(23)38)19-36-21-33(9,10)22-37-20-26-16-28(32(6,7)8)14-24(30(26)39)18-35-12-2/h13-18,36-39H,11-12,19-22H2,1-10H3. The minimum atomic E-state index is -0.0481. The summed E-state index contributed by atoms with van der Waals surface area (Å²) in [6.07, 6.45) is 3.54. The Balaban J connectivity index is 2.09. The molecular weight excluding hydrogens is 484 g/mol. The molecule has 4 N–H and O–H groups in total. The van der Waals surface area contributed by atoms with Gasteiger partial charge in [0, 0.05) is 74.0 Å². The molecule has 0 aromatic heterocycles. The highest BCUT2D eigenvalue weighted by Crippen LogP contribution is 2.32. The van der Waals surface area contributed by atoms with Crippen molar-refractivity contribution < 1.29 is 10.2 Å². The van der Waals surface area contributed by atoms with Crippen LogP contribution in [0.25, 0.3) is 0 Å². The number of nitrogens with one attached hydrogen (secondary N) is 2. The third-order valence-electron chi connectivity index (χ3n) is 6.83. The topological polar surface area (TPSA) is 89.2 Å². The fourth-order valence-corrected chi connectivity index (χ4v) is 4.28. The van der Waals surface area contributed by atoms with Gasteiger partial charge in [-0.3, -0.25) is 9.98 Å². The lowest BCUT2D eigenvalue weighted by molar-refractivity contribution is 0.317. The molecule has 6 nitrogen and oxygen atoms in total. The molecule has 0 aliphatic rings. The average molecular weight is 537 g/mol. The lowest BCUT2D eigenvalue weighted by Gasteiger charge is -2.27. The van der Waals surface area contributed by atoms with Crippen LogP contribution >= 0.6 is 0 Å². The van der Waals surface area contributed by atoms with Gasteiger partial charge in [0.05, 0.1) is 0 Å². The number of aromatic hydroxyl groups is 2. The number of phenolic OH excluding ortho intramolecular Hbond substituents is 2. The molecule has 0 atom stereocenters. The third kappa shape index (κ3) is 9.77. The van der Waals surface area contributed by atoms with Crippen molar-refractivity contribution in [3.8, 4) is 11.5 Å². The number of hydrogen-bond donors (Lipinski definition) is 4. The smallest absolute Gasteiger partial charge is 0.128 e. The van der Waals surface area contributed by atoms with E-state index in [2.05, 4.69) is 88.1 Å². The summed E-state index contributed by atoms with van der Waals surface area (Å²) in [6, 6.07) is 8.27. The monoisotopic (exact) mass is 536 g/mol. The predicted octanol–water partition coefficient (Wildman–Crippen LogP) is 6.48. The highest BCUT2D eigenvalue weighted by atomic mass is 16.3. The van der Waals surface area contributed by atoms with Gasteiger partial charge in [0.15, 0.2) is 0 Å². The van der Waals surface area contributed by atoms with Gasteiger partial charge in [-0.15, -0.1) is 0 Å². The highest BCUT2D eigenvalue weighted by molar-refractivity contribution is 5.85. The van der Waals surface area contributed by atoms with Crippen molar-refractivity contribution in [1.29, 1.82) is 0 Å². The van der Waals surface area contributed by atoms with Crippen LogP contribution in [0.1, 0.15) is 103 Å². The van der Waals surface area contributed by atoms with E-state index in [0.29, 0.717) is 37.7 Å². The summed E-state index contributed by atoms with van der Waals surface area (Å²) in [6.45, 7) is 25.5. The number of hydrogen-bond acceptors (Lipinski definition) is 6. The van der Waals surface area contributed by atoms with Gasteiger partial charge in [0.1, 0.15) is 11.5 Å². The zero-order valence-electron chi connectivity index (χ0n) is 26.0. The first-order valence-corrected chi connectivity index (χ1v) is 14.2. The van der Waals surface area contributed by atoms with E-state index in [4.69, 9.17) is 0 Å². The predicted molar refractivity (Wildman–Crippen MR) is 167 cm³/mol. The van der Waals surface area contributed by atoms with Gasteiger partial charge in [0.2, 0.25) is 0 Å². The van der Waals surface area contributed by atoms with E-state index >= 15 is 0 Å². The van der Waals surface area contributed by atoms with Gasteiger partial charge in [-0.1, -0.05) is 67.5 Å². The molecule has 2 rings (SSSR count). The summed E-state index contributed by atoms with van der Waals surface area (Å²) in [5.74, 6) is 0.584. The van der Waals surface area contributed by atoms with Crippen molar-refractivity contribution >= 4 is 12.4 Å². The molecule has 0 spiro atoms. The van der Waals surface area contributed by atoms with Crippen molar-refractivity contribution in [2.45, 2.75) is 93.2 Å². The maximum absolute atomic E-state index is 10.9. The van der Waals surface area contributed by atoms with Crippen molar-refractivity contribution in [3.05, 3.63) is 57.6 Å². The molecule has 0 unspecified atom stereocenters. The molecule has 2 aromatic rings. The maximum Gasteiger partial charge on any atom is 0.128 e. The molecule has 39 heavy (non-hydrogen) atoms. The van der Waals surface area contributed by atoms with Crippen LogP contribution in [0.3, 0.4) is 0 Å². The Hall–Kier alpha value is -2.70. The second kappa shape index (κ2) is 13.6. The Kier molecular flexibility index (Phi) is 11.3. The van der Waals surface area contributed by atoms with Gasteiger partial charge in [-0.25, -0.2) is 0 Å². The molecule has 6 heteroatoms. The molecule has 0 amide bonds. The zero-order valence-corrected chi connectivity index (χ0v) is 26.0. The van der Waals surface area contributed by atoms with E-state index in [9.17, 15) is 10.2 Å². The van der Waals surface area contributed by atoms with Crippen molar-refractivity contribution in [2.24, 2.45) is 15.4 Å². The lowest BCUT2D eigenvalue weighted by atomic mass is 9.84. The first-order chi connectivity index (χ1) is 18.1. The SMILES string of the molecule is CCN=Cc1cc(C(C)(C)C)cc(CNCC(C)(C)CNCc2cc(C(C)(C)C)cc(C=NCC)c2O)c1O. The van der Waals surface area contributed by atoms with Gasteiger partial charge in [-0.05, 0) is 53.4 Å². The van der Waals surface area contributed by atoms with Gasteiger partial charge in [0.25, 0.3) is 0 Å². The first kappa shape index (κ1) is 32.5. The van der Waals surface area contributed by atoms with E-state index in [1.165, 1.54) is 11.1 Å². The zero-order chi connectivity index (χ0) is 29.4. The molecule has 0 heterocycles. The summed E-state index contributed by atoms with van der Waals surface area (Å²) in [7, 11) is 0. The van der Waals surface area contributed by atoms with Crippen molar-refractivity contribution in [3.63, 3.8) is 0 Å². The Morgan fingerprint density at radius 3 is 1.31 bits per heavy atom. The summed E-state index contributed by atoms with van der Waals surface area (Å²) in [5.41, 5.74) is 5.55. The highest BCUT2D eigenvalue weighted by Gasteiger charge is 2.22.